The average molecular weight is 297 g/mol. The van der Waals surface area contributed by atoms with Crippen LogP contribution < -0.4 is 5.32 Å². The number of hydrogen-bond donors (Lipinski definition) is 1. The minimum Gasteiger partial charge on any atom is -0.306 e. The van der Waals surface area contributed by atoms with Crippen LogP contribution in [-0.2, 0) is 6.54 Å². The number of aromatic nitrogens is 1. The van der Waals surface area contributed by atoms with Gasteiger partial charge in [-0.2, -0.15) is 0 Å². The van der Waals surface area contributed by atoms with Gasteiger partial charge in [0.05, 0.1) is 5.52 Å². The van der Waals surface area contributed by atoms with E-state index in [-0.39, 0.29) is 0 Å². The fourth-order valence-electron chi connectivity index (χ4n) is 2.46. The number of nitrogens with zero attached hydrogens (tertiary/aromatic N) is 1. The van der Waals surface area contributed by atoms with Crippen LogP contribution in [0.2, 0.25) is 5.02 Å². The van der Waals surface area contributed by atoms with Gasteiger partial charge in [-0.05, 0) is 36.2 Å². The lowest BCUT2D eigenvalue weighted by Crippen LogP contribution is -2.18. The summed E-state index contributed by atoms with van der Waals surface area (Å²) in [7, 11) is 0. The maximum Gasteiger partial charge on any atom is 0.0761 e. The summed E-state index contributed by atoms with van der Waals surface area (Å²) in [4.78, 5) is 4.47. The first kappa shape index (κ1) is 14.1. The molecule has 1 atom stereocenters. The van der Waals surface area contributed by atoms with E-state index in [0.717, 1.165) is 28.0 Å². The molecule has 0 unspecified atom stereocenters. The Labute approximate surface area is 129 Å². The summed E-state index contributed by atoms with van der Waals surface area (Å²) < 4.78 is 0. The van der Waals surface area contributed by atoms with E-state index in [0.29, 0.717) is 6.04 Å². The fraction of sp³-hybridized carbons (Fsp3) is 0.167. The molecule has 2 nitrogen and oxygen atoms in total. The van der Waals surface area contributed by atoms with Crippen LogP contribution in [0.25, 0.3) is 10.9 Å². The molecule has 0 bridgehead atoms. The summed E-state index contributed by atoms with van der Waals surface area (Å²) in [6.45, 7) is 2.93. The maximum absolute atomic E-state index is 6.23. The van der Waals surface area contributed by atoms with Gasteiger partial charge in [0.1, 0.15) is 0 Å². The highest BCUT2D eigenvalue weighted by Crippen LogP contribution is 2.25. The number of benzene rings is 2. The van der Waals surface area contributed by atoms with Crippen molar-refractivity contribution in [2.75, 3.05) is 0 Å². The second-order valence-corrected chi connectivity index (χ2v) is 5.53. The number of halogens is 1. The number of fused-ring (bicyclic) bond motifs is 1. The predicted molar refractivity (Wildman–Crippen MR) is 88.4 cm³/mol. The molecule has 1 aromatic heterocycles. The summed E-state index contributed by atoms with van der Waals surface area (Å²) in [5.74, 6) is 0. The van der Waals surface area contributed by atoms with Gasteiger partial charge in [0, 0.05) is 29.2 Å². The van der Waals surface area contributed by atoms with Crippen molar-refractivity contribution in [2.45, 2.75) is 19.5 Å². The van der Waals surface area contributed by atoms with Crippen molar-refractivity contribution in [3.8, 4) is 0 Å². The predicted octanol–water partition coefficient (Wildman–Crippen LogP) is 4.74. The molecule has 1 heterocycles. The largest absolute Gasteiger partial charge is 0.306 e. The second kappa shape index (κ2) is 6.25. The van der Waals surface area contributed by atoms with Gasteiger partial charge in [-0.3, -0.25) is 4.98 Å². The van der Waals surface area contributed by atoms with E-state index in [1.54, 1.807) is 0 Å². The second-order valence-electron chi connectivity index (χ2n) is 5.12. The molecule has 3 heteroatoms. The Morgan fingerprint density at radius 2 is 1.86 bits per heavy atom. The van der Waals surface area contributed by atoms with Gasteiger partial charge in [0.15, 0.2) is 0 Å². The van der Waals surface area contributed by atoms with Crippen molar-refractivity contribution < 1.29 is 0 Å². The van der Waals surface area contributed by atoms with Crippen LogP contribution in [0.3, 0.4) is 0 Å². The molecule has 0 spiro atoms. The minimum absolute atomic E-state index is 0.292. The van der Waals surface area contributed by atoms with Crippen LogP contribution in [0.1, 0.15) is 24.1 Å². The highest BCUT2D eigenvalue weighted by molar-refractivity contribution is 6.35. The van der Waals surface area contributed by atoms with E-state index in [1.165, 1.54) is 5.56 Å². The van der Waals surface area contributed by atoms with E-state index in [1.807, 2.05) is 36.5 Å². The molecule has 0 radical (unpaired) electrons. The van der Waals surface area contributed by atoms with Crippen LogP contribution >= 0.6 is 11.6 Å². The Morgan fingerprint density at radius 3 is 2.67 bits per heavy atom. The van der Waals surface area contributed by atoms with E-state index in [2.05, 4.69) is 41.5 Å². The summed E-state index contributed by atoms with van der Waals surface area (Å²) >= 11 is 6.23. The number of hydrogen-bond acceptors (Lipinski definition) is 2. The number of rotatable bonds is 4. The van der Waals surface area contributed by atoms with Crippen LogP contribution in [0.5, 0.6) is 0 Å². The highest BCUT2D eigenvalue weighted by atomic mass is 35.5. The Kier molecular flexibility index (Phi) is 4.18. The molecular weight excluding hydrogens is 280 g/mol. The summed E-state index contributed by atoms with van der Waals surface area (Å²) in [6.07, 6.45) is 1.81. The number of nitrogens with one attached hydrogen (secondary N) is 1. The number of pyridine rings is 1. The average Bonchev–Trinajstić information content (AvgIpc) is 2.55. The maximum atomic E-state index is 6.23. The molecule has 0 aliphatic rings. The third-order valence-electron chi connectivity index (χ3n) is 3.70. The lowest BCUT2D eigenvalue weighted by Gasteiger charge is -2.15. The van der Waals surface area contributed by atoms with E-state index < -0.39 is 0 Å². The first-order valence-electron chi connectivity index (χ1n) is 7.06. The van der Waals surface area contributed by atoms with Gasteiger partial charge in [-0.15, -0.1) is 0 Å². The van der Waals surface area contributed by atoms with E-state index in [4.69, 9.17) is 11.6 Å². The van der Waals surface area contributed by atoms with Gasteiger partial charge in [0.25, 0.3) is 0 Å². The third-order valence-corrected chi connectivity index (χ3v) is 4.03. The van der Waals surface area contributed by atoms with E-state index in [9.17, 15) is 0 Å². The van der Waals surface area contributed by atoms with Gasteiger partial charge < -0.3 is 5.32 Å². The zero-order valence-electron chi connectivity index (χ0n) is 11.9. The molecule has 0 saturated heterocycles. The first-order chi connectivity index (χ1) is 10.3. The van der Waals surface area contributed by atoms with Crippen molar-refractivity contribution >= 4 is 22.5 Å². The molecule has 106 valence electrons. The smallest absolute Gasteiger partial charge is 0.0761 e. The van der Waals surface area contributed by atoms with Gasteiger partial charge in [0.2, 0.25) is 0 Å². The lowest BCUT2D eigenvalue weighted by molar-refractivity contribution is 0.576. The quantitative estimate of drug-likeness (QED) is 0.752. The van der Waals surface area contributed by atoms with Crippen molar-refractivity contribution in [1.29, 1.82) is 0 Å². The standard InChI is InChI=1S/C18H17ClN2/c1-13(14-6-3-2-4-7-14)21-12-15-9-10-17(19)16-8-5-11-20-18(15)16/h2-11,13,21H,12H2,1H3/t13-/m0/s1. The Balaban J connectivity index is 1.81. The molecule has 1 N–H and O–H groups in total. The Morgan fingerprint density at radius 1 is 1.05 bits per heavy atom. The van der Waals surface area contributed by atoms with E-state index >= 15 is 0 Å². The van der Waals surface area contributed by atoms with Gasteiger partial charge in [-0.1, -0.05) is 48.0 Å². The molecule has 0 aliphatic heterocycles. The molecule has 21 heavy (non-hydrogen) atoms. The van der Waals surface area contributed by atoms with Crippen LogP contribution in [0.4, 0.5) is 0 Å². The molecule has 0 amide bonds. The van der Waals surface area contributed by atoms with Gasteiger partial charge in [-0.25, -0.2) is 0 Å². The first-order valence-corrected chi connectivity index (χ1v) is 7.44. The SMILES string of the molecule is C[C@H](NCc1ccc(Cl)c2cccnc12)c1ccccc1. The normalized spacial score (nSPS) is 12.5. The molecule has 0 aliphatic carbocycles. The van der Waals surface area contributed by atoms with Crippen molar-refractivity contribution in [1.82, 2.24) is 10.3 Å². The van der Waals surface area contributed by atoms with Crippen LogP contribution in [0.15, 0.2) is 60.8 Å². The van der Waals surface area contributed by atoms with Crippen LogP contribution in [0, 0.1) is 0 Å². The summed E-state index contributed by atoms with van der Waals surface area (Å²) in [5, 5.41) is 5.30. The molecular formula is C18H17ClN2. The molecule has 2 aromatic carbocycles. The third kappa shape index (κ3) is 3.07. The van der Waals surface area contributed by atoms with Crippen LogP contribution in [-0.4, -0.2) is 4.98 Å². The summed E-state index contributed by atoms with van der Waals surface area (Å²) in [5.41, 5.74) is 3.42. The monoisotopic (exact) mass is 296 g/mol. The Hall–Kier alpha value is -1.90. The highest BCUT2D eigenvalue weighted by Gasteiger charge is 2.08. The lowest BCUT2D eigenvalue weighted by atomic mass is 10.1. The molecule has 0 saturated carbocycles. The minimum atomic E-state index is 0.292. The molecule has 3 aromatic rings. The molecule has 0 fully saturated rings. The van der Waals surface area contributed by atoms with Crippen molar-refractivity contribution in [3.05, 3.63) is 76.9 Å². The topological polar surface area (TPSA) is 24.9 Å². The fourth-order valence-corrected chi connectivity index (χ4v) is 2.68. The zero-order valence-corrected chi connectivity index (χ0v) is 12.6. The Bertz CT molecular complexity index is 741. The zero-order chi connectivity index (χ0) is 14.7. The summed E-state index contributed by atoms with van der Waals surface area (Å²) in [6, 6.07) is 18.6. The van der Waals surface area contributed by atoms with Gasteiger partial charge >= 0.3 is 0 Å². The molecule has 3 rings (SSSR count). The van der Waals surface area contributed by atoms with Crippen molar-refractivity contribution in [2.24, 2.45) is 0 Å². The van der Waals surface area contributed by atoms with Crippen molar-refractivity contribution in [3.63, 3.8) is 0 Å².